The molecular weight excluding hydrogens is 402 g/mol. The van der Waals surface area contributed by atoms with Gasteiger partial charge in [0.25, 0.3) is 0 Å². The van der Waals surface area contributed by atoms with Gasteiger partial charge in [0.1, 0.15) is 0 Å². The van der Waals surface area contributed by atoms with Crippen LogP contribution in [-0.2, 0) is 9.53 Å². The Bertz CT molecular complexity index is 788. The lowest BCUT2D eigenvalue weighted by Crippen LogP contribution is -2.47. The zero-order chi connectivity index (χ0) is 19.3. The number of nitrogens with zero attached hydrogens (tertiary/aromatic N) is 1. The average molecular weight is 428 g/mol. The number of rotatable bonds is 7. The normalized spacial score (nSPS) is 15.4. The van der Waals surface area contributed by atoms with Gasteiger partial charge in [-0.05, 0) is 44.1 Å². The summed E-state index contributed by atoms with van der Waals surface area (Å²) in [5, 5.41) is 8.78. The summed E-state index contributed by atoms with van der Waals surface area (Å²) in [6.07, 6.45) is 1.50. The topological polar surface area (TPSA) is 81.7 Å². The third-order valence-electron chi connectivity index (χ3n) is 4.87. The van der Waals surface area contributed by atoms with Crippen molar-refractivity contribution in [3.63, 3.8) is 0 Å². The first-order valence-electron chi connectivity index (χ1n) is 8.81. The highest BCUT2D eigenvalue weighted by molar-refractivity contribution is 7.14. The molecule has 0 radical (unpaired) electrons. The van der Waals surface area contributed by atoms with E-state index in [0.29, 0.717) is 23.2 Å². The van der Waals surface area contributed by atoms with Crippen molar-refractivity contribution in [2.75, 3.05) is 46.3 Å². The number of methoxy groups -OCH3 is 3. The first-order valence-corrected chi connectivity index (χ1v) is 9.69. The van der Waals surface area contributed by atoms with E-state index in [1.165, 1.54) is 11.3 Å². The van der Waals surface area contributed by atoms with Gasteiger partial charge < -0.3 is 24.8 Å². The molecule has 2 heterocycles. The van der Waals surface area contributed by atoms with Gasteiger partial charge in [-0.2, -0.15) is 0 Å². The number of carbonyl (C=O) groups is 1. The van der Waals surface area contributed by atoms with Crippen molar-refractivity contribution >= 4 is 34.8 Å². The molecule has 9 heteroatoms. The van der Waals surface area contributed by atoms with Crippen molar-refractivity contribution in [3.05, 3.63) is 23.6 Å². The maximum Gasteiger partial charge on any atom is 0.234 e. The first kappa shape index (κ1) is 22.4. The minimum atomic E-state index is -0.505. The van der Waals surface area contributed by atoms with Crippen LogP contribution in [0, 0.1) is 5.41 Å². The number of aromatic nitrogens is 1. The molecule has 2 aromatic rings. The summed E-state index contributed by atoms with van der Waals surface area (Å²) in [4.78, 5) is 17.5. The van der Waals surface area contributed by atoms with Crippen molar-refractivity contribution in [2.24, 2.45) is 5.41 Å². The highest BCUT2D eigenvalue weighted by Crippen LogP contribution is 2.35. The van der Waals surface area contributed by atoms with Crippen LogP contribution in [-0.4, -0.2) is 51.9 Å². The molecule has 1 aliphatic rings. The number of piperidine rings is 1. The fraction of sp³-hybridized carbons (Fsp3) is 0.474. The minimum absolute atomic E-state index is 0. The van der Waals surface area contributed by atoms with E-state index in [1.807, 2.05) is 23.6 Å². The molecule has 2 N–H and O–H groups in total. The molecule has 1 aromatic heterocycles. The van der Waals surface area contributed by atoms with Crippen LogP contribution in [0.15, 0.2) is 23.6 Å². The third-order valence-corrected chi connectivity index (χ3v) is 5.62. The molecule has 0 atom stereocenters. The summed E-state index contributed by atoms with van der Waals surface area (Å²) in [6, 6.07) is 5.63. The molecule has 0 unspecified atom stereocenters. The standard InChI is InChI=1S/C19H25N3O4S.ClH/c1-24-12-19(6-8-20-9-7-19)17(23)22-18-21-14(11-27-18)13-4-5-15(25-2)16(10-13)26-3;/h4-5,10-11,20H,6-9,12H2,1-3H3,(H,21,22,23);1H. The fourth-order valence-corrected chi connectivity index (χ4v) is 4.02. The number of halogens is 1. The number of hydrogen-bond donors (Lipinski definition) is 2. The van der Waals surface area contributed by atoms with Gasteiger partial charge in [0.15, 0.2) is 16.6 Å². The van der Waals surface area contributed by atoms with Crippen molar-refractivity contribution < 1.29 is 19.0 Å². The van der Waals surface area contributed by atoms with Crippen LogP contribution in [0.5, 0.6) is 11.5 Å². The minimum Gasteiger partial charge on any atom is -0.493 e. The quantitative estimate of drug-likeness (QED) is 0.706. The van der Waals surface area contributed by atoms with Crippen LogP contribution in [0.4, 0.5) is 5.13 Å². The zero-order valence-corrected chi connectivity index (χ0v) is 17.9. The number of carbonyl (C=O) groups excluding carboxylic acids is 1. The van der Waals surface area contributed by atoms with Gasteiger partial charge in [-0.3, -0.25) is 4.79 Å². The molecule has 1 aliphatic heterocycles. The van der Waals surface area contributed by atoms with Crippen molar-refractivity contribution in [2.45, 2.75) is 12.8 Å². The summed E-state index contributed by atoms with van der Waals surface area (Å²) < 4.78 is 16.0. The van der Waals surface area contributed by atoms with Crippen LogP contribution in [0.25, 0.3) is 11.3 Å². The number of thiazole rings is 1. The van der Waals surface area contributed by atoms with Gasteiger partial charge in [-0.15, -0.1) is 23.7 Å². The first-order chi connectivity index (χ1) is 13.1. The molecule has 1 fully saturated rings. The Balaban J connectivity index is 0.00000280. The number of anilines is 1. The SMILES string of the molecule is COCC1(C(=O)Nc2nc(-c3ccc(OC)c(OC)c3)cs2)CCNCC1.Cl. The second-order valence-electron chi connectivity index (χ2n) is 6.53. The zero-order valence-electron chi connectivity index (χ0n) is 16.2. The second kappa shape index (κ2) is 10.1. The van der Waals surface area contributed by atoms with Gasteiger partial charge in [0.2, 0.25) is 5.91 Å². The number of ether oxygens (including phenoxy) is 3. The molecule has 154 valence electrons. The van der Waals surface area contributed by atoms with Crippen LogP contribution >= 0.6 is 23.7 Å². The lowest BCUT2D eigenvalue weighted by molar-refractivity contribution is -0.130. The number of hydrogen-bond acceptors (Lipinski definition) is 7. The predicted octanol–water partition coefficient (Wildman–Crippen LogP) is 3.20. The highest BCUT2D eigenvalue weighted by atomic mass is 35.5. The average Bonchev–Trinajstić information content (AvgIpc) is 3.16. The maximum absolute atomic E-state index is 12.9. The Labute approximate surface area is 175 Å². The third kappa shape index (κ3) is 4.75. The van der Waals surface area contributed by atoms with Gasteiger partial charge in [0, 0.05) is 18.1 Å². The number of amides is 1. The van der Waals surface area contributed by atoms with Crippen molar-refractivity contribution in [1.82, 2.24) is 10.3 Å². The molecule has 1 amide bonds. The van der Waals surface area contributed by atoms with Gasteiger partial charge in [-0.25, -0.2) is 4.98 Å². The second-order valence-corrected chi connectivity index (χ2v) is 7.38. The predicted molar refractivity (Wildman–Crippen MR) is 113 cm³/mol. The highest BCUT2D eigenvalue weighted by Gasteiger charge is 2.40. The smallest absolute Gasteiger partial charge is 0.234 e. The summed E-state index contributed by atoms with van der Waals surface area (Å²) in [5.74, 6) is 1.28. The van der Waals surface area contributed by atoms with Crippen molar-refractivity contribution in [1.29, 1.82) is 0 Å². The monoisotopic (exact) mass is 427 g/mol. The Kier molecular flexibility index (Phi) is 8.06. The Morgan fingerprint density at radius 1 is 1.21 bits per heavy atom. The summed E-state index contributed by atoms with van der Waals surface area (Å²) in [6.45, 7) is 2.03. The van der Waals surface area contributed by atoms with E-state index < -0.39 is 5.41 Å². The molecule has 1 saturated heterocycles. The molecule has 0 spiro atoms. The Morgan fingerprint density at radius 3 is 2.57 bits per heavy atom. The van der Waals surface area contributed by atoms with Crippen LogP contribution in [0.3, 0.4) is 0 Å². The van der Waals surface area contributed by atoms with Gasteiger partial charge >= 0.3 is 0 Å². The molecule has 7 nitrogen and oxygen atoms in total. The maximum atomic E-state index is 12.9. The molecule has 1 aromatic carbocycles. The van der Waals surface area contributed by atoms with E-state index in [1.54, 1.807) is 21.3 Å². The van der Waals surface area contributed by atoms with E-state index in [2.05, 4.69) is 15.6 Å². The summed E-state index contributed by atoms with van der Waals surface area (Å²) >= 11 is 1.41. The lowest BCUT2D eigenvalue weighted by atomic mass is 9.79. The fourth-order valence-electron chi connectivity index (χ4n) is 3.31. The van der Waals surface area contributed by atoms with E-state index in [9.17, 15) is 4.79 Å². The Morgan fingerprint density at radius 2 is 1.93 bits per heavy atom. The van der Waals surface area contributed by atoms with Crippen molar-refractivity contribution in [3.8, 4) is 22.8 Å². The van der Waals surface area contributed by atoms with Crippen LogP contribution in [0.2, 0.25) is 0 Å². The van der Waals surface area contributed by atoms with E-state index in [4.69, 9.17) is 14.2 Å². The van der Waals surface area contributed by atoms with Gasteiger partial charge in [-0.1, -0.05) is 0 Å². The molecule has 0 saturated carbocycles. The van der Waals surface area contributed by atoms with Crippen LogP contribution in [0.1, 0.15) is 12.8 Å². The van der Waals surface area contributed by atoms with Crippen LogP contribution < -0.4 is 20.1 Å². The molecule has 0 aliphatic carbocycles. The lowest BCUT2D eigenvalue weighted by Gasteiger charge is -2.35. The molecule has 28 heavy (non-hydrogen) atoms. The molecular formula is C19H26ClN3O4S. The van der Waals surface area contributed by atoms with E-state index in [-0.39, 0.29) is 18.3 Å². The van der Waals surface area contributed by atoms with Gasteiger partial charge in [0.05, 0.1) is 31.9 Å². The van der Waals surface area contributed by atoms with E-state index >= 15 is 0 Å². The molecule has 3 rings (SSSR count). The number of nitrogens with one attached hydrogen (secondary N) is 2. The van der Waals surface area contributed by atoms with E-state index in [0.717, 1.165) is 37.2 Å². The number of benzene rings is 1. The molecule has 0 bridgehead atoms. The Hall–Kier alpha value is -1.87. The largest absolute Gasteiger partial charge is 0.493 e. The summed E-state index contributed by atoms with van der Waals surface area (Å²) in [7, 11) is 4.84. The summed E-state index contributed by atoms with van der Waals surface area (Å²) in [5.41, 5.74) is 1.18.